The Morgan fingerprint density at radius 1 is 0.963 bits per heavy atom. The van der Waals surface area contributed by atoms with Crippen molar-refractivity contribution in [2.75, 3.05) is 23.1 Å². The summed E-state index contributed by atoms with van der Waals surface area (Å²) >= 11 is 12.0. The van der Waals surface area contributed by atoms with Gasteiger partial charge in [-0.1, -0.05) is 35.3 Å². The molecule has 0 radical (unpaired) electrons. The van der Waals surface area contributed by atoms with E-state index in [0.29, 0.717) is 22.1 Å². The summed E-state index contributed by atoms with van der Waals surface area (Å²) in [6.45, 7) is 3.37. The van der Waals surface area contributed by atoms with Crippen molar-refractivity contribution in [2.24, 2.45) is 0 Å². The van der Waals surface area contributed by atoms with Gasteiger partial charge in [0.15, 0.2) is 0 Å². The van der Waals surface area contributed by atoms with Crippen LogP contribution in [0.15, 0.2) is 42.5 Å². The summed E-state index contributed by atoms with van der Waals surface area (Å²) in [7, 11) is 1.47. The Morgan fingerprint density at radius 2 is 1.63 bits per heavy atom. The minimum Gasteiger partial charge on any atom is -0.374 e. The van der Waals surface area contributed by atoms with Gasteiger partial charge in [0.1, 0.15) is 12.1 Å². The summed E-state index contributed by atoms with van der Waals surface area (Å²) in [4.78, 5) is 24.3. The fraction of sp³-hybridized carbons (Fsp3) is 0.263. The molecular weight excluding hydrogens is 389 g/mol. The molecule has 0 aliphatic rings. The van der Waals surface area contributed by atoms with Gasteiger partial charge in [-0.3, -0.25) is 9.59 Å². The second kappa shape index (κ2) is 9.60. The van der Waals surface area contributed by atoms with Crippen molar-refractivity contribution in [1.82, 2.24) is 0 Å². The van der Waals surface area contributed by atoms with Gasteiger partial charge in [0, 0.05) is 18.5 Å². The van der Waals surface area contributed by atoms with Crippen molar-refractivity contribution in [1.29, 1.82) is 0 Å². The van der Waals surface area contributed by atoms with Crippen molar-refractivity contribution in [3.63, 3.8) is 0 Å². The Balaban J connectivity index is 2.01. The van der Waals surface area contributed by atoms with Gasteiger partial charge in [0.25, 0.3) is 5.91 Å². The van der Waals surface area contributed by atoms with Crippen LogP contribution in [-0.2, 0) is 14.3 Å². The van der Waals surface area contributed by atoms with Gasteiger partial charge in [0.2, 0.25) is 5.91 Å². The van der Waals surface area contributed by atoms with Crippen LogP contribution in [0.3, 0.4) is 0 Å². The number of ether oxygens (including phenoxy) is 1. The first-order valence-electron chi connectivity index (χ1n) is 8.27. The maximum atomic E-state index is 12.4. The summed E-state index contributed by atoms with van der Waals surface area (Å²) in [6.07, 6.45) is -0.561. The van der Waals surface area contributed by atoms with Gasteiger partial charge in [-0.05, 0) is 44.2 Å². The van der Waals surface area contributed by atoms with Crippen molar-refractivity contribution in [3.05, 3.63) is 52.5 Å². The van der Waals surface area contributed by atoms with Gasteiger partial charge >= 0.3 is 0 Å². The maximum Gasteiger partial charge on any atom is 0.253 e. The predicted molar refractivity (Wildman–Crippen MR) is 110 cm³/mol. The van der Waals surface area contributed by atoms with E-state index < -0.39 is 12.1 Å². The molecule has 2 aromatic carbocycles. The minimum absolute atomic E-state index is 0.254. The average molecular weight is 410 g/mol. The smallest absolute Gasteiger partial charge is 0.253 e. The highest BCUT2D eigenvalue weighted by atomic mass is 35.5. The Morgan fingerprint density at radius 3 is 2.33 bits per heavy atom. The highest BCUT2D eigenvalue weighted by Gasteiger charge is 2.16. The zero-order valence-electron chi connectivity index (χ0n) is 15.2. The van der Waals surface area contributed by atoms with E-state index in [-0.39, 0.29) is 16.8 Å². The molecule has 0 saturated carbocycles. The maximum absolute atomic E-state index is 12.4. The first-order chi connectivity index (χ1) is 12.8. The molecule has 0 aromatic heterocycles. The molecule has 8 heteroatoms. The fourth-order valence-electron chi connectivity index (χ4n) is 2.19. The van der Waals surface area contributed by atoms with E-state index >= 15 is 0 Å². The van der Waals surface area contributed by atoms with Gasteiger partial charge in [-0.25, -0.2) is 0 Å². The molecule has 0 saturated heterocycles. The monoisotopic (exact) mass is 409 g/mol. The molecule has 2 amide bonds. The lowest BCUT2D eigenvalue weighted by Crippen LogP contribution is -2.32. The van der Waals surface area contributed by atoms with E-state index in [1.807, 2.05) is 0 Å². The van der Waals surface area contributed by atoms with Gasteiger partial charge in [-0.2, -0.15) is 0 Å². The van der Waals surface area contributed by atoms with Crippen LogP contribution in [0.4, 0.5) is 17.1 Å². The fourth-order valence-corrected chi connectivity index (χ4v) is 2.54. The lowest BCUT2D eigenvalue weighted by Gasteiger charge is -2.17. The summed E-state index contributed by atoms with van der Waals surface area (Å²) in [5.74, 6) is -0.530. The van der Waals surface area contributed by atoms with Crippen LogP contribution in [-0.4, -0.2) is 31.1 Å². The number of methoxy groups -OCH3 is 1. The summed E-state index contributed by atoms with van der Waals surface area (Å²) in [5.41, 5.74) is 1.72. The lowest BCUT2D eigenvalue weighted by molar-refractivity contribution is -0.124. The Hall–Kier alpha value is -2.28. The number of carbonyl (C=O) groups is 2. The number of amides is 2. The Labute approximate surface area is 168 Å². The van der Waals surface area contributed by atoms with E-state index in [0.717, 1.165) is 0 Å². The number of carbonyl (C=O) groups excluding carboxylic acids is 2. The molecule has 0 aliphatic heterocycles. The minimum atomic E-state index is -0.561. The van der Waals surface area contributed by atoms with E-state index in [4.69, 9.17) is 27.9 Å². The molecule has 2 unspecified atom stereocenters. The summed E-state index contributed by atoms with van der Waals surface area (Å²) in [6, 6.07) is 11.5. The zero-order chi connectivity index (χ0) is 20.0. The van der Waals surface area contributed by atoms with Gasteiger partial charge in [0.05, 0.1) is 15.7 Å². The third kappa shape index (κ3) is 5.85. The van der Waals surface area contributed by atoms with E-state index in [2.05, 4.69) is 16.0 Å². The molecule has 0 bridgehead atoms. The molecular formula is C19H21Cl2N3O3. The molecule has 27 heavy (non-hydrogen) atoms. The van der Waals surface area contributed by atoms with Crippen LogP contribution in [0.25, 0.3) is 0 Å². The average Bonchev–Trinajstić information content (AvgIpc) is 2.64. The van der Waals surface area contributed by atoms with E-state index in [1.54, 1.807) is 56.3 Å². The number of anilines is 3. The molecule has 0 heterocycles. The molecule has 2 atom stereocenters. The molecule has 0 aliphatic carbocycles. The Kier molecular flexibility index (Phi) is 7.47. The highest BCUT2D eigenvalue weighted by Crippen LogP contribution is 2.29. The second-order valence-corrected chi connectivity index (χ2v) is 6.69. The number of hydrogen-bond donors (Lipinski definition) is 3. The third-order valence-corrected chi connectivity index (χ3v) is 4.66. The number of rotatable bonds is 7. The first kappa shape index (κ1) is 21.0. The SMILES string of the molecule is COC(C)C(=O)Nc1cccc(NC(C)C(=O)Nc2cccc(Cl)c2Cl)c1. The van der Waals surface area contributed by atoms with E-state index in [1.165, 1.54) is 7.11 Å². The van der Waals surface area contributed by atoms with Crippen molar-refractivity contribution in [2.45, 2.75) is 26.0 Å². The lowest BCUT2D eigenvalue weighted by atomic mass is 10.2. The molecule has 2 aromatic rings. The zero-order valence-corrected chi connectivity index (χ0v) is 16.7. The van der Waals surface area contributed by atoms with Crippen LogP contribution in [0.1, 0.15) is 13.8 Å². The topological polar surface area (TPSA) is 79.5 Å². The molecule has 2 rings (SSSR count). The Bertz CT molecular complexity index is 830. The standard InChI is InChI=1S/C19H21Cl2N3O3/c1-11(18(25)24-16-9-5-8-15(20)17(16)21)22-13-6-4-7-14(10-13)23-19(26)12(2)27-3/h4-12,22H,1-3H3,(H,23,26)(H,24,25). The highest BCUT2D eigenvalue weighted by molar-refractivity contribution is 6.44. The molecule has 0 fully saturated rings. The van der Waals surface area contributed by atoms with Crippen molar-refractivity contribution < 1.29 is 14.3 Å². The first-order valence-corrected chi connectivity index (χ1v) is 9.02. The summed E-state index contributed by atoms with van der Waals surface area (Å²) < 4.78 is 4.98. The number of benzene rings is 2. The van der Waals surface area contributed by atoms with Crippen molar-refractivity contribution >= 4 is 52.1 Å². The van der Waals surface area contributed by atoms with Crippen LogP contribution in [0.5, 0.6) is 0 Å². The molecule has 144 valence electrons. The number of halogens is 2. The van der Waals surface area contributed by atoms with Gasteiger partial charge < -0.3 is 20.7 Å². The quantitative estimate of drug-likeness (QED) is 0.632. The molecule has 6 nitrogen and oxygen atoms in total. The normalized spacial score (nSPS) is 12.8. The van der Waals surface area contributed by atoms with Crippen LogP contribution >= 0.6 is 23.2 Å². The van der Waals surface area contributed by atoms with Crippen molar-refractivity contribution in [3.8, 4) is 0 Å². The second-order valence-electron chi connectivity index (χ2n) is 5.90. The van der Waals surface area contributed by atoms with Crippen LogP contribution in [0.2, 0.25) is 10.0 Å². The molecule has 3 N–H and O–H groups in total. The number of hydrogen-bond acceptors (Lipinski definition) is 4. The summed E-state index contributed by atoms with van der Waals surface area (Å²) in [5, 5.41) is 9.22. The largest absolute Gasteiger partial charge is 0.374 e. The van der Waals surface area contributed by atoms with E-state index in [9.17, 15) is 9.59 Å². The van der Waals surface area contributed by atoms with Crippen LogP contribution in [0, 0.1) is 0 Å². The van der Waals surface area contributed by atoms with Crippen LogP contribution < -0.4 is 16.0 Å². The third-order valence-electron chi connectivity index (χ3n) is 3.84. The number of nitrogens with one attached hydrogen (secondary N) is 3. The van der Waals surface area contributed by atoms with Gasteiger partial charge in [-0.15, -0.1) is 0 Å². The predicted octanol–water partition coefficient (Wildman–Crippen LogP) is 4.41. The molecule has 0 spiro atoms.